The van der Waals surface area contributed by atoms with Crippen molar-refractivity contribution in [1.82, 2.24) is 25.4 Å². The van der Waals surface area contributed by atoms with Gasteiger partial charge in [0, 0.05) is 32.1 Å². The van der Waals surface area contributed by atoms with Crippen LogP contribution in [0.25, 0.3) is 0 Å². The molecule has 2 aromatic rings. The van der Waals surface area contributed by atoms with Crippen LogP contribution in [0.15, 0.2) is 29.5 Å². The Morgan fingerprint density at radius 2 is 2.06 bits per heavy atom. The van der Waals surface area contributed by atoms with Gasteiger partial charge in [0.15, 0.2) is 17.5 Å². The Labute approximate surface area is 207 Å². The summed E-state index contributed by atoms with van der Waals surface area (Å²) in [6.07, 6.45) is 8.64. The predicted molar refractivity (Wildman–Crippen MR) is 136 cm³/mol. The molecule has 176 valence electrons. The minimum atomic E-state index is 0. The van der Waals surface area contributed by atoms with Gasteiger partial charge in [-0.15, -0.1) is 34.2 Å². The molecule has 0 saturated heterocycles. The summed E-state index contributed by atoms with van der Waals surface area (Å²) in [7, 11) is 0. The van der Waals surface area contributed by atoms with Gasteiger partial charge in [-0.25, -0.2) is 0 Å². The molecule has 2 heterocycles. The van der Waals surface area contributed by atoms with E-state index in [-0.39, 0.29) is 24.0 Å². The third kappa shape index (κ3) is 6.49. The number of hydrogen-bond acceptors (Lipinski definition) is 5. The molecule has 2 atom stereocenters. The highest BCUT2D eigenvalue weighted by molar-refractivity contribution is 14.0. The maximum absolute atomic E-state index is 5.49. The fourth-order valence-corrected chi connectivity index (χ4v) is 4.29. The molecular formula is C23H35IN6O2. The molecule has 1 aliphatic heterocycles. The van der Waals surface area contributed by atoms with Crippen molar-refractivity contribution >= 4 is 29.9 Å². The quantitative estimate of drug-likeness (QED) is 0.295. The number of ether oxygens (including phenoxy) is 2. The number of nitrogens with one attached hydrogen (secondary N) is 2. The number of aromatic nitrogens is 3. The lowest BCUT2D eigenvalue weighted by atomic mass is 9.86. The highest BCUT2D eigenvalue weighted by Gasteiger charge is 2.22. The summed E-state index contributed by atoms with van der Waals surface area (Å²) < 4.78 is 13.0. The standard InChI is InChI=1S/C23H34N6O2.HI/c1-3-22-28-26-15-29(22)13-12-25-23(27-19-7-5-4-6-17(19)2)24-11-10-18-8-9-20-21(14-18)31-16-30-20;/h8-9,14-15,17,19H,3-7,10-13,16H2,1-2H3,(H2,24,25,27);1H. The van der Waals surface area contributed by atoms with Crippen LogP contribution < -0.4 is 20.1 Å². The summed E-state index contributed by atoms with van der Waals surface area (Å²) in [5.74, 6) is 4.22. The van der Waals surface area contributed by atoms with Crippen molar-refractivity contribution in [3.8, 4) is 11.5 Å². The van der Waals surface area contributed by atoms with E-state index in [4.69, 9.17) is 14.5 Å². The number of rotatable bonds is 8. The molecule has 0 spiro atoms. The van der Waals surface area contributed by atoms with Crippen LogP contribution in [0.2, 0.25) is 0 Å². The van der Waals surface area contributed by atoms with Crippen molar-refractivity contribution in [2.24, 2.45) is 10.9 Å². The molecule has 1 saturated carbocycles. The molecule has 8 nitrogen and oxygen atoms in total. The molecule has 2 unspecified atom stereocenters. The van der Waals surface area contributed by atoms with Gasteiger partial charge in [0.25, 0.3) is 0 Å². The van der Waals surface area contributed by atoms with E-state index in [0.29, 0.717) is 25.3 Å². The minimum absolute atomic E-state index is 0. The van der Waals surface area contributed by atoms with Crippen LogP contribution in [-0.2, 0) is 19.4 Å². The van der Waals surface area contributed by atoms with Crippen LogP contribution in [-0.4, -0.2) is 46.6 Å². The summed E-state index contributed by atoms with van der Waals surface area (Å²) in [6.45, 7) is 7.06. The van der Waals surface area contributed by atoms with Crippen molar-refractivity contribution in [3.63, 3.8) is 0 Å². The van der Waals surface area contributed by atoms with Crippen molar-refractivity contribution in [1.29, 1.82) is 0 Å². The molecule has 1 aromatic carbocycles. The Hall–Kier alpha value is -2.04. The van der Waals surface area contributed by atoms with Gasteiger partial charge in [-0.2, -0.15) is 0 Å². The first-order valence-electron chi connectivity index (χ1n) is 11.5. The second-order valence-electron chi connectivity index (χ2n) is 8.40. The van der Waals surface area contributed by atoms with E-state index < -0.39 is 0 Å². The Morgan fingerprint density at radius 3 is 2.91 bits per heavy atom. The Balaban J connectivity index is 0.00000289. The lowest BCUT2D eigenvalue weighted by Gasteiger charge is -2.31. The first-order valence-corrected chi connectivity index (χ1v) is 11.5. The molecule has 9 heteroatoms. The van der Waals surface area contributed by atoms with E-state index >= 15 is 0 Å². The van der Waals surface area contributed by atoms with Gasteiger partial charge >= 0.3 is 0 Å². The van der Waals surface area contributed by atoms with E-state index in [0.717, 1.165) is 49.2 Å². The van der Waals surface area contributed by atoms with Gasteiger partial charge in [-0.05, 0) is 42.9 Å². The normalized spacial score (nSPS) is 20.0. The molecule has 32 heavy (non-hydrogen) atoms. The number of benzene rings is 1. The Bertz CT molecular complexity index is 887. The van der Waals surface area contributed by atoms with Crippen molar-refractivity contribution in [2.75, 3.05) is 19.9 Å². The number of halogens is 1. The smallest absolute Gasteiger partial charge is 0.231 e. The first kappa shape index (κ1) is 24.6. The lowest BCUT2D eigenvalue weighted by molar-refractivity contribution is 0.174. The molecular weight excluding hydrogens is 519 g/mol. The molecule has 4 rings (SSSR count). The Kier molecular flexibility index (Phi) is 9.43. The van der Waals surface area contributed by atoms with E-state index in [2.05, 4.69) is 51.4 Å². The second-order valence-corrected chi connectivity index (χ2v) is 8.40. The number of nitrogens with zero attached hydrogens (tertiary/aromatic N) is 4. The predicted octanol–water partition coefficient (Wildman–Crippen LogP) is 3.54. The molecule has 2 N–H and O–H groups in total. The zero-order valence-corrected chi connectivity index (χ0v) is 21.4. The van der Waals surface area contributed by atoms with Gasteiger partial charge in [-0.3, -0.25) is 4.99 Å². The van der Waals surface area contributed by atoms with Crippen LogP contribution in [0.5, 0.6) is 11.5 Å². The lowest BCUT2D eigenvalue weighted by Crippen LogP contribution is -2.48. The number of guanidine groups is 1. The summed E-state index contributed by atoms with van der Waals surface area (Å²) in [5, 5.41) is 15.4. The second kappa shape index (κ2) is 12.3. The van der Waals surface area contributed by atoms with E-state index in [9.17, 15) is 0 Å². The van der Waals surface area contributed by atoms with E-state index in [1.54, 1.807) is 6.33 Å². The molecule has 0 radical (unpaired) electrons. The number of hydrogen-bond donors (Lipinski definition) is 2. The monoisotopic (exact) mass is 554 g/mol. The number of aryl methyl sites for hydroxylation is 1. The Morgan fingerprint density at radius 1 is 1.22 bits per heavy atom. The minimum Gasteiger partial charge on any atom is -0.454 e. The van der Waals surface area contributed by atoms with Crippen LogP contribution in [0, 0.1) is 5.92 Å². The zero-order valence-electron chi connectivity index (χ0n) is 19.0. The highest BCUT2D eigenvalue weighted by Crippen LogP contribution is 2.32. The van der Waals surface area contributed by atoms with Crippen LogP contribution in [0.3, 0.4) is 0 Å². The van der Waals surface area contributed by atoms with Gasteiger partial charge in [-0.1, -0.05) is 32.8 Å². The first-order chi connectivity index (χ1) is 15.2. The number of aliphatic imine (C=N–C) groups is 1. The van der Waals surface area contributed by atoms with Gasteiger partial charge < -0.3 is 24.7 Å². The topological polar surface area (TPSA) is 85.6 Å². The molecule has 0 bridgehead atoms. The average Bonchev–Trinajstić information content (AvgIpc) is 3.43. The maximum atomic E-state index is 5.49. The summed E-state index contributed by atoms with van der Waals surface area (Å²) in [6, 6.07) is 6.60. The fourth-order valence-electron chi connectivity index (χ4n) is 4.29. The highest BCUT2D eigenvalue weighted by atomic mass is 127. The average molecular weight is 554 g/mol. The van der Waals surface area contributed by atoms with Gasteiger partial charge in [0.05, 0.1) is 0 Å². The van der Waals surface area contributed by atoms with Crippen LogP contribution >= 0.6 is 24.0 Å². The maximum Gasteiger partial charge on any atom is 0.231 e. The fraction of sp³-hybridized carbons (Fsp3) is 0.609. The molecule has 1 aliphatic carbocycles. The van der Waals surface area contributed by atoms with Crippen LogP contribution in [0.1, 0.15) is 50.9 Å². The third-order valence-electron chi connectivity index (χ3n) is 6.20. The molecule has 0 amide bonds. The summed E-state index contributed by atoms with van der Waals surface area (Å²) >= 11 is 0. The van der Waals surface area contributed by atoms with Crippen molar-refractivity contribution in [3.05, 3.63) is 35.9 Å². The van der Waals surface area contributed by atoms with E-state index in [1.165, 1.54) is 31.2 Å². The summed E-state index contributed by atoms with van der Waals surface area (Å²) in [5.41, 5.74) is 1.20. The summed E-state index contributed by atoms with van der Waals surface area (Å²) in [4.78, 5) is 4.88. The molecule has 2 aliphatic rings. The number of fused-ring (bicyclic) bond motifs is 1. The van der Waals surface area contributed by atoms with Crippen molar-refractivity contribution < 1.29 is 9.47 Å². The van der Waals surface area contributed by atoms with Gasteiger partial charge in [0.1, 0.15) is 12.2 Å². The largest absolute Gasteiger partial charge is 0.454 e. The third-order valence-corrected chi connectivity index (χ3v) is 6.20. The van der Waals surface area contributed by atoms with E-state index in [1.807, 2.05) is 6.07 Å². The zero-order chi connectivity index (χ0) is 21.5. The molecule has 1 fully saturated rings. The SMILES string of the molecule is CCc1nncn1CCNC(=NCCc1ccc2c(c1)OCO2)NC1CCCCC1C.I. The van der Waals surface area contributed by atoms with Gasteiger partial charge in [0.2, 0.25) is 6.79 Å². The van der Waals surface area contributed by atoms with Crippen LogP contribution in [0.4, 0.5) is 0 Å². The molecule has 1 aromatic heterocycles. The van der Waals surface area contributed by atoms with Crippen molar-refractivity contribution in [2.45, 2.75) is 65.0 Å².